The minimum absolute atomic E-state index is 0.0476. The molecule has 0 amide bonds. The van der Waals surface area contributed by atoms with E-state index in [1.165, 1.54) is 48.5 Å². The number of benzene rings is 3. The number of nitrogens with one attached hydrogen (secondary N) is 3. The van der Waals surface area contributed by atoms with Gasteiger partial charge < -0.3 is 61.9 Å². The predicted octanol–water partition coefficient (Wildman–Crippen LogP) is 2.73. The molecule has 0 aliphatic carbocycles. The summed E-state index contributed by atoms with van der Waals surface area (Å²) in [6.07, 6.45) is -2.14. The number of phenols is 6. The normalized spacial score (nSPS) is 12.9. The molecule has 16 nitrogen and oxygen atoms in total. The van der Waals surface area contributed by atoms with E-state index in [2.05, 4.69) is 16.0 Å². The first kappa shape index (κ1) is 46.1. The summed E-state index contributed by atoms with van der Waals surface area (Å²) in [5.74, 6) is -0.580. The molecule has 14 N–H and O–H groups in total. The second kappa shape index (κ2) is 22.7. The van der Waals surface area contributed by atoms with Crippen LogP contribution in [0.3, 0.4) is 0 Å². The van der Waals surface area contributed by atoms with E-state index < -0.39 is 28.7 Å². The highest BCUT2D eigenvalue weighted by Gasteiger charge is 2.12. The summed E-state index contributed by atoms with van der Waals surface area (Å²) < 4.78 is 31.6. The van der Waals surface area contributed by atoms with Gasteiger partial charge in [-0.1, -0.05) is 47.6 Å². The Morgan fingerprint density at radius 3 is 1.02 bits per heavy atom. The van der Waals surface area contributed by atoms with Crippen molar-refractivity contribution in [3.63, 3.8) is 0 Å². The number of phenolic OH excluding ortho intramolecular Hbond substituents is 6. The molecule has 0 saturated heterocycles. The fourth-order valence-electron chi connectivity index (χ4n) is 3.76. The molecule has 17 heteroatoms. The number of aliphatic hydroxyl groups excluding tert-OH is 3. The third-order valence-corrected chi connectivity index (χ3v) is 6.16. The molecule has 284 valence electrons. The SMILES string of the molecule is CC(C)NCC(O)c1cc(O)cc(O)c1.CC(C)NCC(O)c1cc(O)cc(O)c1.CC(C)NCC(O)c1ccc(O)c(O)c1.O=S(=O)(O)O. The van der Waals surface area contributed by atoms with Gasteiger partial charge in [0.1, 0.15) is 23.0 Å². The standard InChI is InChI=1S/3C11H17NO3.H2O4S/c2*1-7(2)12-6-11(15)8-3-9(13)5-10(14)4-8;1-7(2)12-6-11(15)8-3-4-9(13)10(14)5-8;1-5(2,3)4/h3*3-5,7,11-15H,6H2,1-2H3;(H2,1,2,3,4). The van der Waals surface area contributed by atoms with Crippen LogP contribution in [0.2, 0.25) is 0 Å². The van der Waals surface area contributed by atoms with Crippen molar-refractivity contribution in [3.8, 4) is 34.5 Å². The molecule has 0 heterocycles. The third kappa shape index (κ3) is 22.7. The smallest absolute Gasteiger partial charge is 0.394 e. The van der Waals surface area contributed by atoms with Crippen molar-refractivity contribution < 1.29 is 63.5 Å². The van der Waals surface area contributed by atoms with Crippen molar-refractivity contribution in [1.29, 1.82) is 0 Å². The maximum Gasteiger partial charge on any atom is 0.394 e. The predicted molar refractivity (Wildman–Crippen MR) is 188 cm³/mol. The van der Waals surface area contributed by atoms with E-state index in [-0.39, 0.29) is 46.6 Å². The largest absolute Gasteiger partial charge is 0.508 e. The van der Waals surface area contributed by atoms with E-state index in [0.717, 1.165) is 0 Å². The lowest BCUT2D eigenvalue weighted by Crippen LogP contribution is -2.27. The molecule has 3 aromatic rings. The Labute approximate surface area is 292 Å². The van der Waals surface area contributed by atoms with Crippen molar-refractivity contribution in [1.82, 2.24) is 16.0 Å². The van der Waals surface area contributed by atoms with E-state index in [0.29, 0.717) is 42.4 Å². The molecule has 3 atom stereocenters. The highest BCUT2D eigenvalue weighted by molar-refractivity contribution is 7.79. The van der Waals surface area contributed by atoms with E-state index in [1.54, 1.807) is 6.07 Å². The lowest BCUT2D eigenvalue weighted by atomic mass is 10.1. The van der Waals surface area contributed by atoms with Crippen molar-refractivity contribution in [2.24, 2.45) is 0 Å². The van der Waals surface area contributed by atoms with Gasteiger partial charge in [-0.2, -0.15) is 8.42 Å². The number of aliphatic hydroxyl groups is 3. The van der Waals surface area contributed by atoms with Gasteiger partial charge in [0, 0.05) is 49.9 Å². The molecule has 0 bridgehead atoms. The van der Waals surface area contributed by atoms with Crippen LogP contribution in [0.25, 0.3) is 0 Å². The van der Waals surface area contributed by atoms with E-state index in [4.69, 9.17) is 22.6 Å². The Morgan fingerprint density at radius 1 is 0.480 bits per heavy atom. The second-order valence-corrected chi connectivity index (χ2v) is 12.9. The van der Waals surface area contributed by atoms with Crippen molar-refractivity contribution in [3.05, 3.63) is 71.3 Å². The molecule has 50 heavy (non-hydrogen) atoms. The minimum atomic E-state index is -4.67. The number of rotatable bonds is 12. The van der Waals surface area contributed by atoms with Gasteiger partial charge in [0.25, 0.3) is 0 Å². The van der Waals surface area contributed by atoms with Gasteiger partial charge in [0.2, 0.25) is 0 Å². The summed E-state index contributed by atoms with van der Waals surface area (Å²) in [6, 6.07) is 13.4. The lowest BCUT2D eigenvalue weighted by molar-refractivity contribution is 0.170. The summed E-state index contributed by atoms with van der Waals surface area (Å²) in [6.45, 7) is 13.1. The van der Waals surface area contributed by atoms with Gasteiger partial charge in [-0.05, 0) is 53.1 Å². The second-order valence-electron chi connectivity index (χ2n) is 12.0. The maximum absolute atomic E-state index is 9.73. The molecular weight excluding hydrogens is 678 g/mol. The van der Waals surface area contributed by atoms with Gasteiger partial charge in [-0.25, -0.2) is 0 Å². The summed E-state index contributed by atoms with van der Waals surface area (Å²) in [4.78, 5) is 0. The molecule has 0 saturated carbocycles. The lowest BCUT2D eigenvalue weighted by Gasteiger charge is -2.14. The average Bonchev–Trinajstić information content (AvgIpc) is 2.97. The van der Waals surface area contributed by atoms with Crippen molar-refractivity contribution >= 4 is 10.4 Å². The Morgan fingerprint density at radius 2 is 0.760 bits per heavy atom. The highest BCUT2D eigenvalue weighted by Crippen LogP contribution is 2.28. The van der Waals surface area contributed by atoms with Crippen LogP contribution in [0.5, 0.6) is 34.5 Å². The van der Waals surface area contributed by atoms with Crippen LogP contribution in [0, 0.1) is 0 Å². The summed E-state index contributed by atoms with van der Waals surface area (Å²) in [5, 5.41) is 93.7. The van der Waals surface area contributed by atoms with Crippen LogP contribution >= 0.6 is 0 Å². The summed E-state index contributed by atoms with van der Waals surface area (Å²) >= 11 is 0. The Hall–Kier alpha value is -3.91. The van der Waals surface area contributed by atoms with Gasteiger partial charge >= 0.3 is 10.4 Å². The van der Waals surface area contributed by atoms with Crippen LogP contribution in [-0.2, 0) is 10.4 Å². The molecular formula is C33H53N3O13S. The number of hydrogen-bond donors (Lipinski definition) is 14. The zero-order chi connectivity index (χ0) is 38.8. The third-order valence-electron chi connectivity index (χ3n) is 6.16. The quantitative estimate of drug-likeness (QED) is 0.0941. The Bertz CT molecular complexity index is 1410. The van der Waals surface area contributed by atoms with Crippen LogP contribution in [-0.4, -0.2) is 101 Å². The molecule has 3 rings (SSSR count). The Kier molecular flexibility index (Phi) is 21.0. The van der Waals surface area contributed by atoms with E-state index in [9.17, 15) is 40.9 Å². The molecule has 0 fully saturated rings. The zero-order valence-corrected chi connectivity index (χ0v) is 29.7. The van der Waals surface area contributed by atoms with E-state index >= 15 is 0 Å². The van der Waals surface area contributed by atoms with Gasteiger partial charge in [-0.3, -0.25) is 9.11 Å². The maximum atomic E-state index is 9.73. The highest BCUT2D eigenvalue weighted by atomic mass is 32.3. The molecule has 0 spiro atoms. The monoisotopic (exact) mass is 731 g/mol. The molecule has 0 aliphatic heterocycles. The van der Waals surface area contributed by atoms with Gasteiger partial charge in [0.15, 0.2) is 11.5 Å². The molecule has 3 unspecified atom stereocenters. The topological polar surface area (TPSA) is 293 Å². The molecule has 3 aromatic carbocycles. The fraction of sp³-hybridized carbons (Fsp3) is 0.455. The van der Waals surface area contributed by atoms with Crippen LogP contribution in [0.1, 0.15) is 76.5 Å². The first-order valence-electron chi connectivity index (χ1n) is 15.5. The zero-order valence-electron chi connectivity index (χ0n) is 28.9. The Balaban J connectivity index is 0.000000674. The van der Waals surface area contributed by atoms with Crippen molar-refractivity contribution in [2.75, 3.05) is 19.6 Å². The van der Waals surface area contributed by atoms with Crippen LogP contribution < -0.4 is 16.0 Å². The minimum Gasteiger partial charge on any atom is -0.508 e. The summed E-state index contributed by atoms with van der Waals surface area (Å²) in [7, 11) is -4.67. The molecule has 0 aliphatic rings. The van der Waals surface area contributed by atoms with Gasteiger partial charge in [-0.15, -0.1) is 0 Å². The number of aromatic hydroxyl groups is 6. The van der Waals surface area contributed by atoms with Gasteiger partial charge in [0.05, 0.1) is 18.3 Å². The molecule has 0 aromatic heterocycles. The fourth-order valence-corrected chi connectivity index (χ4v) is 3.76. The first-order valence-corrected chi connectivity index (χ1v) is 16.9. The molecule has 0 radical (unpaired) electrons. The number of hydrogen-bond acceptors (Lipinski definition) is 14. The van der Waals surface area contributed by atoms with Crippen LogP contribution in [0.4, 0.5) is 0 Å². The summed E-state index contributed by atoms with van der Waals surface area (Å²) in [5.41, 5.74) is 1.58. The van der Waals surface area contributed by atoms with Crippen molar-refractivity contribution in [2.45, 2.75) is 78.0 Å². The van der Waals surface area contributed by atoms with Crippen LogP contribution in [0.15, 0.2) is 54.6 Å². The average molecular weight is 732 g/mol. The van der Waals surface area contributed by atoms with E-state index in [1.807, 2.05) is 41.5 Å². The first-order chi connectivity index (χ1) is 23.0.